The molecule has 6 aromatic rings. The van der Waals surface area contributed by atoms with Crippen molar-refractivity contribution in [1.29, 1.82) is 26.3 Å². The van der Waals surface area contributed by atoms with E-state index in [0.29, 0.717) is 104 Å². The van der Waals surface area contributed by atoms with E-state index in [1.165, 1.54) is 93.4 Å². The quantitative estimate of drug-likeness (QED) is 0.0528. The van der Waals surface area contributed by atoms with Gasteiger partial charge in [-0.2, -0.15) is 36.5 Å². The van der Waals surface area contributed by atoms with E-state index >= 15 is 0 Å². The Bertz CT molecular complexity index is 3980. The summed E-state index contributed by atoms with van der Waals surface area (Å²) in [4.78, 5) is 143. The Labute approximate surface area is 672 Å². The number of aromatic nitrogens is 6. The molecule has 34 nitrogen and oxygen atoms in total. The molecule has 5 saturated heterocycles. The van der Waals surface area contributed by atoms with Crippen LogP contribution in [0.4, 0.5) is 0 Å². The lowest BCUT2D eigenvalue weighted by Gasteiger charge is -2.28. The minimum absolute atomic E-state index is 0.0840. The van der Waals surface area contributed by atoms with E-state index in [2.05, 4.69) is 92.8 Å². The van der Waals surface area contributed by atoms with Crippen LogP contribution in [0.1, 0.15) is 184 Å². The summed E-state index contributed by atoms with van der Waals surface area (Å²) in [6.45, 7) is 19.9. The first-order chi connectivity index (χ1) is 55.8. The molecule has 0 radical (unpaired) electrons. The number of amides is 10. The fourth-order valence-electron chi connectivity index (χ4n) is 11.6. The number of hydrogen-bond acceptors (Lipinski definition) is 24. The minimum atomic E-state index is -1.56. The predicted octanol–water partition coefficient (Wildman–Crippen LogP) is 5.42. The number of pyridine rings is 4. The van der Waals surface area contributed by atoms with Gasteiger partial charge in [-0.1, -0.05) is 67.5 Å². The Morgan fingerprint density at radius 3 is 1.09 bits per heavy atom. The van der Waals surface area contributed by atoms with Gasteiger partial charge in [0, 0.05) is 104 Å². The molecule has 612 valence electrons. The topological polar surface area (TPSA) is 510 Å². The molecule has 1 aromatic carbocycles. The summed E-state index contributed by atoms with van der Waals surface area (Å²) in [7, 11) is 1.50. The smallest absolute Gasteiger partial charge is 0.253 e. The molecular weight excluding hydrogens is 1470 g/mol. The molecule has 5 aliphatic heterocycles. The third kappa shape index (κ3) is 32.3. The molecular formula is C81H106N22O12. The van der Waals surface area contributed by atoms with Crippen molar-refractivity contribution in [3.05, 3.63) is 168 Å². The zero-order chi connectivity index (χ0) is 85.6. The first-order valence-corrected chi connectivity index (χ1v) is 38.2. The van der Waals surface area contributed by atoms with E-state index in [4.69, 9.17) is 26.3 Å². The van der Waals surface area contributed by atoms with Crippen LogP contribution in [0.15, 0.2) is 135 Å². The lowest BCUT2D eigenvalue weighted by Crippen LogP contribution is -2.51. The summed E-state index contributed by atoms with van der Waals surface area (Å²) in [5.74, 6) is -2.99. The molecule has 10 amide bonds. The van der Waals surface area contributed by atoms with Crippen molar-refractivity contribution >= 4 is 59.1 Å². The fourth-order valence-corrected chi connectivity index (χ4v) is 11.6. The lowest BCUT2D eigenvalue weighted by molar-refractivity contribution is -0.144. The third-order valence-corrected chi connectivity index (χ3v) is 17.1. The lowest BCUT2D eigenvalue weighted by atomic mass is 10.1. The molecule has 0 spiro atoms. The standard InChI is InChI=1S/C20H17N5O2.C14H19N3O4.2C13H14N4O2.C12H13N5O2.4C2H6.CH5N/c21-11-14-3-5-15(6-4-14)18-10-16(7-8-23-18)20(27)24-13-19(26)25-9-1-2-17(25)12-22;1-9(16-12(18)10-4-6-15-7-5-10)13(19)17-8-2-3-11(17)14(20)21;2*14-8-11-2-1-7-17(11)12(18)9-16-13(19)10-3-5-15-6-4-10;13-6-10-2-1-5-17(10)11(18)8-14-12(19)9-3-4-15-16-7-9;5*1-2/h3-8,10,17H,1-2,9,13H2,(H,24,27);4-7,9,11,14,20-21H,2-3,8H2,1H3,(H,16,18);2*3-6,11H,1-2,7,9H2,(H,16,19);3-4,7,10H,1-2,5,8H2,(H,14,19);4*1-2H3;2H2,1H3/t17-;9-,11+;2*11-;10-;;;;;/m01000...../s1. The zero-order valence-electron chi connectivity index (χ0n) is 66.9. The summed E-state index contributed by atoms with van der Waals surface area (Å²) in [6, 6.07) is 28.7. The summed E-state index contributed by atoms with van der Waals surface area (Å²) >= 11 is 0. The van der Waals surface area contributed by atoms with Gasteiger partial charge in [0.1, 0.15) is 30.2 Å². The number of likely N-dealkylation sites (tertiary alicyclic amines) is 5. The molecule has 0 aliphatic carbocycles. The van der Waals surface area contributed by atoms with Crippen molar-refractivity contribution in [1.82, 2.24) is 81.2 Å². The summed E-state index contributed by atoms with van der Waals surface area (Å²) in [6.07, 6.45) is 19.1. The molecule has 10 heterocycles. The molecule has 5 aromatic heterocycles. The summed E-state index contributed by atoms with van der Waals surface area (Å²) in [5, 5.41) is 83.2. The average molecular weight is 1580 g/mol. The number of nitrogens with one attached hydrogen (secondary N) is 5. The molecule has 0 bridgehead atoms. The Hall–Kier alpha value is -13.1. The Kier molecular flexibility index (Phi) is 47.9. The number of nitrogens with zero attached hydrogens (tertiary/aromatic N) is 16. The van der Waals surface area contributed by atoms with Gasteiger partial charge in [0.2, 0.25) is 29.5 Å². The molecule has 115 heavy (non-hydrogen) atoms. The number of carbonyl (C=O) groups is 10. The SMILES string of the molecule is CC.CC.CC.CC.CN.C[C@@H](NC(=O)c1ccncc1)C(=O)N1CCC[C@H]1C(O)O.N#C[C@@H]1CCCN1C(=O)CNC(=O)c1ccncc1.N#C[C@@H]1CCCN1C(=O)CNC(=O)c1ccncc1.N#C[C@@H]1CCCN1C(=O)CNC(=O)c1ccnnc1.N#Cc1ccc(-c2cc(C(=O)NCC(=O)N3CCC[C@H]3C#N)ccn2)cc1. The zero-order valence-corrected chi connectivity index (χ0v) is 66.9. The van der Waals surface area contributed by atoms with Gasteiger partial charge in [0.15, 0.2) is 6.29 Å². The van der Waals surface area contributed by atoms with Crippen molar-refractivity contribution in [2.45, 2.75) is 169 Å². The highest BCUT2D eigenvalue weighted by molar-refractivity contribution is 6.00. The molecule has 34 heteroatoms. The van der Waals surface area contributed by atoms with Crippen LogP contribution < -0.4 is 32.3 Å². The van der Waals surface area contributed by atoms with Crippen LogP contribution in [0.5, 0.6) is 0 Å². The highest BCUT2D eigenvalue weighted by Crippen LogP contribution is 2.23. The van der Waals surface area contributed by atoms with Crippen molar-refractivity contribution in [2.75, 3.05) is 66.0 Å². The van der Waals surface area contributed by atoms with Crippen molar-refractivity contribution < 1.29 is 58.2 Å². The number of nitriles is 5. The maximum absolute atomic E-state index is 12.4. The second-order valence-electron chi connectivity index (χ2n) is 24.0. The van der Waals surface area contributed by atoms with E-state index in [9.17, 15) is 58.2 Å². The second kappa shape index (κ2) is 56.2. The fraction of sp³-hybridized carbons (Fsp3) is 0.444. The van der Waals surface area contributed by atoms with E-state index in [1.54, 1.807) is 79.7 Å². The van der Waals surface area contributed by atoms with Crippen molar-refractivity contribution in [2.24, 2.45) is 5.73 Å². The van der Waals surface area contributed by atoms with Gasteiger partial charge < -0.3 is 67.0 Å². The van der Waals surface area contributed by atoms with E-state index in [0.717, 1.165) is 37.7 Å². The van der Waals surface area contributed by atoms with Gasteiger partial charge in [-0.25, -0.2) is 0 Å². The summed E-state index contributed by atoms with van der Waals surface area (Å²) < 4.78 is 0. The van der Waals surface area contributed by atoms with Crippen LogP contribution in [0, 0.1) is 56.7 Å². The molecule has 0 unspecified atom stereocenters. The maximum Gasteiger partial charge on any atom is 0.253 e. The summed E-state index contributed by atoms with van der Waals surface area (Å²) in [5.41, 5.74) is 8.50. The molecule has 5 fully saturated rings. The minimum Gasteiger partial charge on any atom is -0.366 e. The van der Waals surface area contributed by atoms with Crippen molar-refractivity contribution in [3.63, 3.8) is 0 Å². The number of hydrogen-bond donors (Lipinski definition) is 8. The Morgan fingerprint density at radius 1 is 0.426 bits per heavy atom. The number of nitrogens with two attached hydrogens (primary N) is 1. The Morgan fingerprint density at radius 2 is 0.748 bits per heavy atom. The monoisotopic (exact) mass is 1580 g/mol. The second-order valence-corrected chi connectivity index (χ2v) is 24.0. The predicted molar refractivity (Wildman–Crippen MR) is 425 cm³/mol. The van der Waals surface area contributed by atoms with Gasteiger partial charge in [-0.15, -0.1) is 0 Å². The van der Waals surface area contributed by atoms with Crippen LogP contribution in [0.25, 0.3) is 11.3 Å². The van der Waals surface area contributed by atoms with E-state index in [1.807, 2.05) is 55.4 Å². The number of aliphatic hydroxyl groups is 2. The van der Waals surface area contributed by atoms with Gasteiger partial charge in [0.05, 0.1) is 91.8 Å². The molecule has 6 atom stereocenters. The molecule has 5 aliphatic rings. The maximum atomic E-state index is 12.4. The van der Waals surface area contributed by atoms with Crippen LogP contribution >= 0.6 is 0 Å². The van der Waals surface area contributed by atoms with Crippen molar-refractivity contribution in [3.8, 4) is 41.6 Å². The number of carbonyl (C=O) groups excluding carboxylic acids is 10. The molecule has 11 rings (SSSR count). The van der Waals surface area contributed by atoms with Gasteiger partial charge >= 0.3 is 0 Å². The van der Waals surface area contributed by atoms with E-state index < -0.39 is 24.4 Å². The largest absolute Gasteiger partial charge is 0.366 e. The number of benzene rings is 1. The van der Waals surface area contributed by atoms with Gasteiger partial charge in [-0.3, -0.25) is 67.9 Å². The first kappa shape index (κ1) is 98.0. The highest BCUT2D eigenvalue weighted by atomic mass is 16.5. The van der Waals surface area contributed by atoms with Gasteiger partial charge in [-0.05, 0) is 145 Å². The molecule has 0 saturated carbocycles. The number of aliphatic hydroxyl groups excluding tert-OH is 1. The third-order valence-electron chi connectivity index (χ3n) is 17.1. The van der Waals surface area contributed by atoms with Crippen LogP contribution in [-0.4, -0.2) is 232 Å². The van der Waals surface area contributed by atoms with Crippen LogP contribution in [0.2, 0.25) is 0 Å². The van der Waals surface area contributed by atoms with Crippen LogP contribution in [0.3, 0.4) is 0 Å². The average Bonchev–Trinajstić information content (AvgIpc) is 1.82. The number of rotatable bonds is 17. The van der Waals surface area contributed by atoms with E-state index in [-0.39, 0.29) is 103 Å². The normalized spacial score (nSPS) is 16.4. The van der Waals surface area contributed by atoms with Gasteiger partial charge in [0.25, 0.3) is 29.5 Å². The molecule has 9 N–H and O–H groups in total. The van der Waals surface area contributed by atoms with Crippen LogP contribution in [-0.2, 0) is 24.0 Å². The highest BCUT2D eigenvalue weighted by Gasteiger charge is 2.36. The Balaban J connectivity index is 0.000000477. The first-order valence-electron chi connectivity index (χ1n) is 38.2.